The van der Waals surface area contributed by atoms with Gasteiger partial charge in [0.25, 0.3) is 5.91 Å². The van der Waals surface area contributed by atoms with E-state index in [-0.39, 0.29) is 39.1 Å². The van der Waals surface area contributed by atoms with Crippen LogP contribution in [0.3, 0.4) is 0 Å². The summed E-state index contributed by atoms with van der Waals surface area (Å²) in [6, 6.07) is 9.68. The molecule has 2 atom stereocenters. The van der Waals surface area contributed by atoms with Gasteiger partial charge in [-0.1, -0.05) is 13.8 Å². The zero-order valence-electron chi connectivity index (χ0n) is 19.5. The van der Waals surface area contributed by atoms with Gasteiger partial charge in [0.1, 0.15) is 0 Å². The predicted molar refractivity (Wildman–Crippen MR) is 125 cm³/mol. The van der Waals surface area contributed by atoms with Crippen molar-refractivity contribution in [1.29, 1.82) is 0 Å². The maximum absolute atomic E-state index is 13.0. The van der Waals surface area contributed by atoms with Crippen LogP contribution in [0, 0.1) is 11.8 Å². The summed E-state index contributed by atoms with van der Waals surface area (Å²) >= 11 is 0. The lowest BCUT2D eigenvalue weighted by Crippen LogP contribution is -2.42. The molecule has 0 bridgehead atoms. The Bertz CT molecular complexity index is 1150. The number of benzene rings is 2. The third-order valence-corrected chi connectivity index (χ3v) is 7.47. The van der Waals surface area contributed by atoms with Gasteiger partial charge in [-0.2, -0.15) is 4.31 Å². The molecule has 9 nitrogen and oxygen atoms in total. The minimum Gasteiger partial charge on any atom is -0.465 e. The molecule has 1 N–H and O–H groups in total. The lowest BCUT2D eigenvalue weighted by atomic mass is 9.94. The number of piperidine rings is 1. The van der Waals surface area contributed by atoms with Crippen LogP contribution in [-0.4, -0.2) is 57.9 Å². The number of rotatable bonds is 6. The smallest absolute Gasteiger partial charge is 0.337 e. The first-order valence-electron chi connectivity index (χ1n) is 10.8. The van der Waals surface area contributed by atoms with Crippen LogP contribution < -0.4 is 5.32 Å². The number of amides is 1. The molecule has 0 aromatic heterocycles. The maximum Gasteiger partial charge on any atom is 0.337 e. The molecule has 1 fully saturated rings. The summed E-state index contributed by atoms with van der Waals surface area (Å²) < 4.78 is 37.0. The molecule has 10 heteroatoms. The summed E-state index contributed by atoms with van der Waals surface area (Å²) in [5, 5.41) is 2.62. The van der Waals surface area contributed by atoms with E-state index in [4.69, 9.17) is 9.47 Å². The summed E-state index contributed by atoms with van der Waals surface area (Å²) in [6.07, 6.45) is 0.986. The normalized spacial score (nSPS) is 18.7. The molecule has 0 saturated carbocycles. The molecule has 2 unspecified atom stereocenters. The van der Waals surface area contributed by atoms with Crippen LogP contribution in [0.4, 0.5) is 5.69 Å². The molecular formula is C24H28N2O7S. The van der Waals surface area contributed by atoms with E-state index in [1.54, 1.807) is 0 Å². The highest BCUT2D eigenvalue weighted by Gasteiger charge is 2.31. The molecule has 1 aliphatic heterocycles. The van der Waals surface area contributed by atoms with Gasteiger partial charge in [0.2, 0.25) is 10.0 Å². The first-order valence-corrected chi connectivity index (χ1v) is 12.2. The molecule has 0 aliphatic carbocycles. The van der Waals surface area contributed by atoms with Gasteiger partial charge in [-0.3, -0.25) is 4.79 Å². The summed E-state index contributed by atoms with van der Waals surface area (Å²) in [4.78, 5) is 36.8. The minimum atomic E-state index is -3.67. The number of esters is 2. The van der Waals surface area contributed by atoms with Crippen LogP contribution in [0.15, 0.2) is 47.4 Å². The standard InChI is InChI=1S/C24H28N2O7S/c1-15-9-16(2)14-26(13-15)34(30,31)21-7-5-17(6-8-21)22(27)25-20-11-18(23(28)32-3)10-19(12-20)24(29)33-4/h5-8,10-12,15-16H,9,13-14H2,1-4H3,(H,25,27). The number of nitrogens with one attached hydrogen (secondary N) is 1. The van der Waals surface area contributed by atoms with Crippen LogP contribution in [0.2, 0.25) is 0 Å². The zero-order valence-corrected chi connectivity index (χ0v) is 20.3. The average molecular weight is 489 g/mol. The predicted octanol–water partition coefficient (Wildman–Crippen LogP) is 3.18. The number of carbonyl (C=O) groups excluding carboxylic acids is 3. The lowest BCUT2D eigenvalue weighted by Gasteiger charge is -2.34. The quantitative estimate of drug-likeness (QED) is 0.620. The van der Waals surface area contributed by atoms with Gasteiger partial charge >= 0.3 is 11.9 Å². The minimum absolute atomic E-state index is 0.0622. The molecule has 1 amide bonds. The van der Waals surface area contributed by atoms with E-state index >= 15 is 0 Å². The van der Waals surface area contributed by atoms with Crippen molar-refractivity contribution < 1.29 is 32.3 Å². The highest BCUT2D eigenvalue weighted by molar-refractivity contribution is 7.89. The van der Waals surface area contributed by atoms with E-state index in [1.807, 2.05) is 13.8 Å². The van der Waals surface area contributed by atoms with E-state index in [9.17, 15) is 22.8 Å². The summed E-state index contributed by atoms with van der Waals surface area (Å²) in [6.45, 7) is 5.00. The van der Waals surface area contributed by atoms with Crippen molar-refractivity contribution in [3.05, 3.63) is 59.2 Å². The Morgan fingerprint density at radius 3 is 1.82 bits per heavy atom. The third kappa shape index (κ3) is 5.63. The van der Waals surface area contributed by atoms with E-state index in [2.05, 4.69) is 5.32 Å². The van der Waals surface area contributed by atoms with Crippen molar-refractivity contribution in [1.82, 2.24) is 4.31 Å². The van der Waals surface area contributed by atoms with Crippen LogP contribution in [0.5, 0.6) is 0 Å². The number of hydrogen-bond acceptors (Lipinski definition) is 7. The molecule has 182 valence electrons. The average Bonchev–Trinajstić information content (AvgIpc) is 2.82. The summed E-state index contributed by atoms with van der Waals surface area (Å²) in [7, 11) is -1.27. The van der Waals surface area contributed by atoms with Crippen molar-refractivity contribution in [2.24, 2.45) is 11.8 Å². The van der Waals surface area contributed by atoms with E-state index in [0.29, 0.717) is 13.1 Å². The Hall–Kier alpha value is -3.24. The molecule has 2 aromatic rings. The van der Waals surface area contributed by atoms with Crippen molar-refractivity contribution in [3.8, 4) is 0 Å². The zero-order chi connectivity index (χ0) is 25.0. The molecular weight excluding hydrogens is 460 g/mol. The van der Waals surface area contributed by atoms with Crippen LogP contribution in [0.25, 0.3) is 0 Å². The maximum atomic E-state index is 13.0. The number of sulfonamides is 1. The number of hydrogen-bond donors (Lipinski definition) is 1. The Morgan fingerprint density at radius 1 is 0.853 bits per heavy atom. The van der Waals surface area contributed by atoms with E-state index < -0.39 is 27.9 Å². The first kappa shape index (κ1) is 25.4. The van der Waals surface area contributed by atoms with Crippen LogP contribution >= 0.6 is 0 Å². The van der Waals surface area contributed by atoms with Crippen molar-refractivity contribution in [2.45, 2.75) is 25.2 Å². The highest BCUT2D eigenvalue weighted by atomic mass is 32.2. The third-order valence-electron chi connectivity index (χ3n) is 5.62. The molecule has 0 radical (unpaired) electrons. The van der Waals surface area contributed by atoms with Crippen LogP contribution in [0.1, 0.15) is 51.3 Å². The van der Waals surface area contributed by atoms with Crippen molar-refractivity contribution in [3.63, 3.8) is 0 Å². The second kappa shape index (κ2) is 10.4. The molecule has 1 saturated heterocycles. The fraction of sp³-hybridized carbons (Fsp3) is 0.375. The Labute approximate surface area is 199 Å². The molecule has 3 rings (SSSR count). The SMILES string of the molecule is COC(=O)c1cc(NC(=O)c2ccc(S(=O)(=O)N3CC(C)CC(C)C3)cc2)cc(C(=O)OC)c1. The van der Waals surface area contributed by atoms with Crippen molar-refractivity contribution in [2.75, 3.05) is 32.6 Å². The summed E-state index contributed by atoms with van der Waals surface area (Å²) in [5.74, 6) is -1.35. The van der Waals surface area contributed by atoms with Gasteiger partial charge in [-0.25, -0.2) is 18.0 Å². The van der Waals surface area contributed by atoms with Gasteiger partial charge in [0, 0.05) is 24.3 Å². The van der Waals surface area contributed by atoms with Gasteiger partial charge in [0.15, 0.2) is 0 Å². The van der Waals surface area contributed by atoms with Gasteiger partial charge in [-0.05, 0) is 60.7 Å². The Balaban J connectivity index is 1.81. The largest absolute Gasteiger partial charge is 0.465 e. The highest BCUT2D eigenvalue weighted by Crippen LogP contribution is 2.27. The van der Waals surface area contributed by atoms with Gasteiger partial charge in [0.05, 0.1) is 30.2 Å². The topological polar surface area (TPSA) is 119 Å². The number of ether oxygens (including phenoxy) is 2. The fourth-order valence-electron chi connectivity index (χ4n) is 4.10. The molecule has 2 aromatic carbocycles. The molecule has 1 heterocycles. The number of carbonyl (C=O) groups is 3. The van der Waals surface area contributed by atoms with Crippen molar-refractivity contribution >= 4 is 33.6 Å². The molecule has 1 aliphatic rings. The Morgan fingerprint density at radius 2 is 1.35 bits per heavy atom. The number of nitrogens with zero attached hydrogens (tertiary/aromatic N) is 1. The number of methoxy groups -OCH3 is 2. The second-order valence-corrected chi connectivity index (χ2v) is 10.5. The fourth-order valence-corrected chi connectivity index (χ4v) is 5.78. The molecule has 0 spiro atoms. The van der Waals surface area contributed by atoms with Gasteiger partial charge < -0.3 is 14.8 Å². The summed E-state index contributed by atoms with van der Waals surface area (Å²) in [5.41, 5.74) is 0.517. The van der Waals surface area contributed by atoms with Crippen LogP contribution in [-0.2, 0) is 19.5 Å². The first-order chi connectivity index (χ1) is 16.0. The lowest BCUT2D eigenvalue weighted by molar-refractivity contribution is 0.0598. The molecule has 34 heavy (non-hydrogen) atoms. The van der Waals surface area contributed by atoms with E-state index in [0.717, 1.165) is 6.42 Å². The number of anilines is 1. The monoisotopic (exact) mass is 488 g/mol. The van der Waals surface area contributed by atoms with E-state index in [1.165, 1.54) is 61.0 Å². The van der Waals surface area contributed by atoms with Gasteiger partial charge in [-0.15, -0.1) is 0 Å². The Kier molecular flexibility index (Phi) is 7.73. The second-order valence-electron chi connectivity index (χ2n) is 8.53.